The standard InChI is InChI=1S/C14H16N2O2/c1-10-5-3-4-6-12(10)16-14(17)13-8-7-11(18-13)9-15-2/h3-8,15H,9H2,1-2H3,(H,16,17). The highest BCUT2D eigenvalue weighted by atomic mass is 16.4. The minimum absolute atomic E-state index is 0.230. The van der Waals surface area contributed by atoms with Crippen molar-refractivity contribution in [2.75, 3.05) is 12.4 Å². The van der Waals surface area contributed by atoms with Gasteiger partial charge in [0.2, 0.25) is 0 Å². The summed E-state index contributed by atoms with van der Waals surface area (Å²) in [7, 11) is 1.83. The molecule has 1 aromatic carbocycles. The number of furan rings is 1. The molecule has 4 nitrogen and oxygen atoms in total. The number of para-hydroxylation sites is 1. The quantitative estimate of drug-likeness (QED) is 0.869. The molecule has 0 aliphatic rings. The van der Waals surface area contributed by atoms with Crippen LogP contribution in [0, 0.1) is 6.92 Å². The van der Waals surface area contributed by atoms with Gasteiger partial charge in [-0.2, -0.15) is 0 Å². The first kappa shape index (κ1) is 12.4. The molecule has 4 heteroatoms. The molecule has 1 heterocycles. The summed E-state index contributed by atoms with van der Waals surface area (Å²) in [5, 5.41) is 5.80. The van der Waals surface area contributed by atoms with Crippen LogP contribution in [-0.2, 0) is 6.54 Å². The topological polar surface area (TPSA) is 54.3 Å². The molecule has 0 spiro atoms. The van der Waals surface area contributed by atoms with Crippen LogP contribution >= 0.6 is 0 Å². The molecule has 2 N–H and O–H groups in total. The fourth-order valence-corrected chi connectivity index (χ4v) is 1.67. The van der Waals surface area contributed by atoms with Gasteiger partial charge in [-0.25, -0.2) is 0 Å². The van der Waals surface area contributed by atoms with E-state index in [4.69, 9.17) is 4.42 Å². The number of aryl methyl sites for hydroxylation is 1. The summed E-state index contributed by atoms with van der Waals surface area (Å²) in [5.74, 6) is 0.836. The lowest BCUT2D eigenvalue weighted by Gasteiger charge is -2.06. The summed E-state index contributed by atoms with van der Waals surface area (Å²) in [4.78, 5) is 12.0. The molecule has 0 unspecified atom stereocenters. The lowest BCUT2D eigenvalue weighted by molar-refractivity contribution is 0.0994. The number of anilines is 1. The Labute approximate surface area is 106 Å². The van der Waals surface area contributed by atoms with Gasteiger partial charge < -0.3 is 15.1 Å². The highest BCUT2D eigenvalue weighted by molar-refractivity contribution is 6.02. The third kappa shape index (κ3) is 2.78. The number of hydrogen-bond acceptors (Lipinski definition) is 3. The highest BCUT2D eigenvalue weighted by Gasteiger charge is 2.11. The molecule has 0 aliphatic carbocycles. The summed E-state index contributed by atoms with van der Waals surface area (Å²) < 4.78 is 5.42. The molecular weight excluding hydrogens is 228 g/mol. The summed E-state index contributed by atoms with van der Waals surface area (Å²) in [5.41, 5.74) is 1.82. The third-order valence-electron chi connectivity index (χ3n) is 2.63. The maximum absolute atomic E-state index is 12.0. The third-order valence-corrected chi connectivity index (χ3v) is 2.63. The van der Waals surface area contributed by atoms with E-state index in [-0.39, 0.29) is 5.91 Å². The lowest BCUT2D eigenvalue weighted by Crippen LogP contribution is -2.11. The van der Waals surface area contributed by atoms with Crippen molar-refractivity contribution in [3.8, 4) is 0 Å². The van der Waals surface area contributed by atoms with Crippen molar-refractivity contribution < 1.29 is 9.21 Å². The Morgan fingerprint density at radius 1 is 1.22 bits per heavy atom. The molecule has 2 rings (SSSR count). The van der Waals surface area contributed by atoms with Crippen LogP contribution in [0.3, 0.4) is 0 Å². The van der Waals surface area contributed by atoms with Gasteiger partial charge in [0.1, 0.15) is 5.76 Å². The van der Waals surface area contributed by atoms with Crippen LogP contribution in [0.1, 0.15) is 21.9 Å². The number of amides is 1. The predicted octanol–water partition coefficient (Wildman–Crippen LogP) is 2.56. The number of rotatable bonds is 4. The van der Waals surface area contributed by atoms with E-state index in [1.54, 1.807) is 12.1 Å². The maximum Gasteiger partial charge on any atom is 0.291 e. The molecule has 0 saturated carbocycles. The van der Waals surface area contributed by atoms with Gasteiger partial charge in [0.15, 0.2) is 5.76 Å². The summed E-state index contributed by atoms with van der Waals surface area (Å²) in [6, 6.07) is 11.1. The summed E-state index contributed by atoms with van der Waals surface area (Å²) in [6.07, 6.45) is 0. The van der Waals surface area contributed by atoms with Crippen molar-refractivity contribution in [3.05, 3.63) is 53.5 Å². The van der Waals surface area contributed by atoms with E-state index in [0.717, 1.165) is 17.0 Å². The zero-order chi connectivity index (χ0) is 13.0. The van der Waals surface area contributed by atoms with Crippen molar-refractivity contribution in [1.82, 2.24) is 5.32 Å². The van der Waals surface area contributed by atoms with Crippen molar-refractivity contribution >= 4 is 11.6 Å². The normalized spacial score (nSPS) is 10.3. The smallest absolute Gasteiger partial charge is 0.291 e. The van der Waals surface area contributed by atoms with Gasteiger partial charge in [-0.1, -0.05) is 18.2 Å². The molecule has 0 fully saturated rings. The number of carbonyl (C=O) groups is 1. The average Bonchev–Trinajstić information content (AvgIpc) is 2.81. The first-order valence-corrected chi connectivity index (χ1v) is 5.81. The zero-order valence-electron chi connectivity index (χ0n) is 10.5. The molecule has 0 saturated heterocycles. The molecule has 0 radical (unpaired) electrons. The minimum Gasteiger partial charge on any atom is -0.455 e. The molecule has 1 amide bonds. The van der Waals surface area contributed by atoms with Gasteiger partial charge in [0.25, 0.3) is 5.91 Å². The van der Waals surface area contributed by atoms with E-state index < -0.39 is 0 Å². The summed E-state index contributed by atoms with van der Waals surface area (Å²) in [6.45, 7) is 2.56. The second kappa shape index (κ2) is 5.51. The van der Waals surface area contributed by atoms with Gasteiger partial charge >= 0.3 is 0 Å². The van der Waals surface area contributed by atoms with Crippen molar-refractivity contribution in [2.24, 2.45) is 0 Å². The second-order valence-electron chi connectivity index (χ2n) is 4.07. The van der Waals surface area contributed by atoms with Gasteiger partial charge in [0.05, 0.1) is 6.54 Å². The Morgan fingerprint density at radius 2 is 2.00 bits per heavy atom. The van der Waals surface area contributed by atoms with Crippen LogP contribution in [0.25, 0.3) is 0 Å². The molecule has 18 heavy (non-hydrogen) atoms. The van der Waals surface area contributed by atoms with Crippen LogP contribution in [0.15, 0.2) is 40.8 Å². The zero-order valence-corrected chi connectivity index (χ0v) is 10.5. The van der Waals surface area contributed by atoms with Crippen LogP contribution in [-0.4, -0.2) is 13.0 Å². The van der Waals surface area contributed by atoms with Gasteiger partial charge in [0, 0.05) is 5.69 Å². The maximum atomic E-state index is 12.0. The second-order valence-corrected chi connectivity index (χ2v) is 4.07. The van der Waals surface area contributed by atoms with E-state index in [0.29, 0.717) is 12.3 Å². The van der Waals surface area contributed by atoms with Gasteiger partial charge in [-0.05, 0) is 37.7 Å². The number of nitrogens with one attached hydrogen (secondary N) is 2. The summed E-state index contributed by atoms with van der Waals surface area (Å²) >= 11 is 0. The van der Waals surface area contributed by atoms with Crippen molar-refractivity contribution in [2.45, 2.75) is 13.5 Å². The van der Waals surface area contributed by atoms with Crippen LogP contribution in [0.2, 0.25) is 0 Å². The van der Waals surface area contributed by atoms with Crippen LogP contribution in [0.5, 0.6) is 0 Å². The minimum atomic E-state index is -0.230. The SMILES string of the molecule is CNCc1ccc(C(=O)Nc2ccccc2C)o1. The number of benzene rings is 1. The highest BCUT2D eigenvalue weighted by Crippen LogP contribution is 2.15. The molecule has 94 valence electrons. The Hall–Kier alpha value is -2.07. The van der Waals surface area contributed by atoms with E-state index >= 15 is 0 Å². The van der Waals surface area contributed by atoms with Crippen LogP contribution in [0.4, 0.5) is 5.69 Å². The first-order chi connectivity index (χ1) is 8.70. The van der Waals surface area contributed by atoms with Gasteiger partial charge in [-0.15, -0.1) is 0 Å². The Kier molecular flexibility index (Phi) is 3.79. The number of carbonyl (C=O) groups excluding carboxylic acids is 1. The molecule has 2 aromatic rings. The lowest BCUT2D eigenvalue weighted by atomic mass is 10.2. The Balaban J connectivity index is 2.10. The van der Waals surface area contributed by atoms with Gasteiger partial charge in [-0.3, -0.25) is 4.79 Å². The van der Waals surface area contributed by atoms with Crippen molar-refractivity contribution in [1.29, 1.82) is 0 Å². The van der Waals surface area contributed by atoms with Crippen molar-refractivity contribution in [3.63, 3.8) is 0 Å². The average molecular weight is 244 g/mol. The van der Waals surface area contributed by atoms with E-state index in [9.17, 15) is 4.79 Å². The monoisotopic (exact) mass is 244 g/mol. The molecule has 0 bridgehead atoms. The largest absolute Gasteiger partial charge is 0.455 e. The first-order valence-electron chi connectivity index (χ1n) is 5.81. The molecule has 0 aliphatic heterocycles. The van der Waals surface area contributed by atoms with E-state index in [1.165, 1.54) is 0 Å². The predicted molar refractivity (Wildman–Crippen MR) is 70.6 cm³/mol. The Morgan fingerprint density at radius 3 is 2.72 bits per heavy atom. The van der Waals surface area contributed by atoms with Crippen LogP contribution < -0.4 is 10.6 Å². The Bertz CT molecular complexity index is 546. The molecular formula is C14H16N2O2. The van der Waals surface area contributed by atoms with E-state index in [1.807, 2.05) is 38.2 Å². The fourth-order valence-electron chi connectivity index (χ4n) is 1.67. The number of hydrogen-bond donors (Lipinski definition) is 2. The molecule has 1 aromatic heterocycles. The van der Waals surface area contributed by atoms with E-state index in [2.05, 4.69) is 10.6 Å². The molecule has 0 atom stereocenters. The fraction of sp³-hybridized carbons (Fsp3) is 0.214.